The summed E-state index contributed by atoms with van der Waals surface area (Å²) in [6, 6.07) is 21.4. The number of carbonyl (C=O) groups excluding carboxylic acids is 1. The lowest BCUT2D eigenvalue weighted by Gasteiger charge is -2.32. The van der Waals surface area contributed by atoms with Crippen molar-refractivity contribution in [1.29, 1.82) is 0 Å². The zero-order valence-electron chi connectivity index (χ0n) is 27.0. The van der Waals surface area contributed by atoms with Gasteiger partial charge in [-0.1, -0.05) is 84.0 Å². The first-order valence-corrected chi connectivity index (χ1v) is 16.6. The van der Waals surface area contributed by atoms with Gasteiger partial charge in [-0.05, 0) is 73.1 Å². The van der Waals surface area contributed by atoms with Crippen LogP contribution in [-0.2, 0) is 27.0 Å². The summed E-state index contributed by atoms with van der Waals surface area (Å²) in [5.41, 5.74) is 1.38. The van der Waals surface area contributed by atoms with Crippen molar-refractivity contribution < 1.29 is 18.3 Å². The highest BCUT2D eigenvalue weighted by Crippen LogP contribution is 2.47. The van der Waals surface area contributed by atoms with E-state index in [2.05, 4.69) is 49.4 Å². The summed E-state index contributed by atoms with van der Waals surface area (Å²) in [4.78, 5) is 18.0. The fourth-order valence-electron chi connectivity index (χ4n) is 5.82. The van der Waals surface area contributed by atoms with Crippen LogP contribution >= 0.6 is 0 Å². The molecule has 232 valence electrons. The van der Waals surface area contributed by atoms with Gasteiger partial charge in [0.1, 0.15) is 0 Å². The smallest absolute Gasteiger partial charge is 0.268 e. The van der Waals surface area contributed by atoms with Gasteiger partial charge in [-0.15, -0.1) is 0 Å². The number of hydrogen-bond acceptors (Lipinski definition) is 5. The molecule has 0 bridgehead atoms. The number of fused-ring (bicyclic) bond motifs is 1. The van der Waals surface area contributed by atoms with E-state index in [9.17, 15) is 18.3 Å². The van der Waals surface area contributed by atoms with E-state index in [1.54, 1.807) is 37.8 Å². The van der Waals surface area contributed by atoms with Crippen molar-refractivity contribution in [3.63, 3.8) is 0 Å². The second-order valence-corrected chi connectivity index (χ2v) is 15.5. The number of carbonyl (C=O) groups is 1. The van der Waals surface area contributed by atoms with Crippen LogP contribution in [0.25, 0.3) is 0 Å². The summed E-state index contributed by atoms with van der Waals surface area (Å²) in [5, 5.41) is 11.9. The van der Waals surface area contributed by atoms with E-state index in [4.69, 9.17) is 0 Å². The molecular weight excluding hydrogens is 558 g/mol. The Hall–Kier alpha value is -3.20. The van der Waals surface area contributed by atoms with E-state index in [0.717, 1.165) is 24.3 Å². The Kier molecular flexibility index (Phi) is 8.66. The normalized spacial score (nSPS) is 20.9. The number of hydrogen-bond donors (Lipinski definition) is 2. The molecule has 1 fully saturated rings. The van der Waals surface area contributed by atoms with Gasteiger partial charge < -0.3 is 14.9 Å². The molecule has 1 unspecified atom stereocenters. The van der Waals surface area contributed by atoms with E-state index in [1.165, 1.54) is 24.3 Å². The molecule has 0 saturated carbocycles. The van der Waals surface area contributed by atoms with Crippen molar-refractivity contribution in [3.8, 4) is 0 Å². The van der Waals surface area contributed by atoms with Crippen LogP contribution in [0.2, 0.25) is 0 Å². The number of nitrogens with one attached hydrogen (secondary N) is 1. The minimum Gasteiger partial charge on any atom is -0.372 e. The summed E-state index contributed by atoms with van der Waals surface area (Å²) >= 11 is 0. The summed E-state index contributed by atoms with van der Waals surface area (Å²) in [6.45, 7) is 20.8. The molecule has 0 spiro atoms. The fourth-order valence-corrected chi connectivity index (χ4v) is 7.24. The average Bonchev–Trinajstić information content (AvgIpc) is 3.29. The quantitative estimate of drug-likeness (QED) is 0.337. The Morgan fingerprint density at radius 2 is 1.37 bits per heavy atom. The maximum atomic E-state index is 13.9. The molecule has 1 atom stereocenters. The second-order valence-electron chi connectivity index (χ2n) is 13.8. The van der Waals surface area contributed by atoms with Gasteiger partial charge in [-0.3, -0.25) is 4.79 Å². The van der Waals surface area contributed by atoms with Crippen LogP contribution in [0.1, 0.15) is 79.0 Å². The Morgan fingerprint density at radius 1 is 0.837 bits per heavy atom. The molecule has 1 amide bonds. The SMILES string of the molecule is CC.CC(C)(C)NS(=O)(=O)c1ccc(C2(O)C(=O)N(Cc3ccc(N4CC(C)(C)C(C)(C)C4)cc3)c3ccccc32)cc1. The number of rotatable bonds is 6. The van der Waals surface area contributed by atoms with Crippen LogP contribution < -0.4 is 14.5 Å². The summed E-state index contributed by atoms with van der Waals surface area (Å²) in [6.07, 6.45) is 0. The van der Waals surface area contributed by atoms with E-state index < -0.39 is 27.1 Å². The van der Waals surface area contributed by atoms with Gasteiger partial charge in [-0.2, -0.15) is 0 Å². The third-order valence-electron chi connectivity index (χ3n) is 8.81. The highest BCUT2D eigenvalue weighted by Gasteiger charge is 2.51. The minimum atomic E-state index is -3.76. The molecule has 1 saturated heterocycles. The van der Waals surface area contributed by atoms with Crippen LogP contribution in [0.5, 0.6) is 0 Å². The Balaban J connectivity index is 0.00000207. The van der Waals surface area contributed by atoms with Crippen LogP contribution in [0, 0.1) is 10.8 Å². The molecule has 0 aliphatic carbocycles. The summed E-state index contributed by atoms with van der Waals surface area (Å²) < 4.78 is 28.2. The van der Waals surface area contributed by atoms with Crippen LogP contribution in [-0.4, -0.2) is 38.1 Å². The third kappa shape index (κ3) is 6.10. The number of sulfonamides is 1. The predicted octanol–water partition coefficient (Wildman–Crippen LogP) is 6.44. The zero-order valence-corrected chi connectivity index (χ0v) is 27.8. The Bertz CT molecular complexity index is 1560. The van der Waals surface area contributed by atoms with Crippen molar-refractivity contribution in [2.24, 2.45) is 10.8 Å². The van der Waals surface area contributed by atoms with Gasteiger partial charge in [0.2, 0.25) is 10.0 Å². The topological polar surface area (TPSA) is 89.9 Å². The lowest BCUT2D eigenvalue weighted by Crippen LogP contribution is -2.41. The molecule has 2 aliphatic rings. The monoisotopic (exact) mass is 605 g/mol. The van der Waals surface area contributed by atoms with E-state index in [0.29, 0.717) is 23.4 Å². The summed E-state index contributed by atoms with van der Waals surface area (Å²) in [7, 11) is -3.76. The van der Waals surface area contributed by atoms with Crippen molar-refractivity contribution in [3.05, 3.63) is 89.5 Å². The molecule has 8 heteroatoms. The van der Waals surface area contributed by atoms with Crippen LogP contribution in [0.15, 0.2) is 77.7 Å². The largest absolute Gasteiger partial charge is 0.372 e. The molecule has 43 heavy (non-hydrogen) atoms. The molecule has 3 aromatic rings. The molecular formula is C35H47N3O4S. The number of aliphatic hydroxyl groups is 1. The molecule has 7 nitrogen and oxygen atoms in total. The number of benzene rings is 3. The van der Waals surface area contributed by atoms with E-state index in [-0.39, 0.29) is 15.7 Å². The fraction of sp³-hybridized carbons (Fsp3) is 0.457. The van der Waals surface area contributed by atoms with Crippen LogP contribution in [0.3, 0.4) is 0 Å². The predicted molar refractivity (Wildman–Crippen MR) is 175 cm³/mol. The molecule has 2 aliphatic heterocycles. The molecule has 0 aromatic heterocycles. The van der Waals surface area contributed by atoms with Gasteiger partial charge in [-0.25, -0.2) is 13.1 Å². The first-order valence-electron chi connectivity index (χ1n) is 15.1. The lowest BCUT2D eigenvalue weighted by atomic mass is 9.71. The highest BCUT2D eigenvalue weighted by atomic mass is 32.2. The van der Waals surface area contributed by atoms with Crippen molar-refractivity contribution in [1.82, 2.24) is 4.72 Å². The number of nitrogens with zero attached hydrogens (tertiary/aromatic N) is 2. The second kappa shape index (κ2) is 11.4. The molecule has 3 aromatic carbocycles. The molecule has 0 radical (unpaired) electrons. The van der Waals surface area contributed by atoms with Gasteiger partial charge >= 0.3 is 0 Å². The lowest BCUT2D eigenvalue weighted by molar-refractivity contribution is -0.132. The number of amides is 1. The maximum Gasteiger partial charge on any atom is 0.268 e. The summed E-state index contributed by atoms with van der Waals surface area (Å²) in [5.74, 6) is -0.464. The Labute approximate surface area is 258 Å². The molecule has 5 rings (SSSR count). The van der Waals surface area contributed by atoms with Gasteiger partial charge in [0.15, 0.2) is 5.60 Å². The molecule has 2 N–H and O–H groups in total. The van der Waals surface area contributed by atoms with E-state index >= 15 is 0 Å². The zero-order chi connectivity index (χ0) is 32.0. The maximum absolute atomic E-state index is 13.9. The van der Waals surface area contributed by atoms with Crippen LogP contribution in [0.4, 0.5) is 11.4 Å². The van der Waals surface area contributed by atoms with Crippen molar-refractivity contribution in [2.75, 3.05) is 22.9 Å². The molecule has 2 heterocycles. The first kappa shape index (κ1) is 32.7. The highest BCUT2D eigenvalue weighted by molar-refractivity contribution is 7.89. The standard InChI is InChI=1S/C33H41N3O4S.C2H6/c1-30(2,3)34-41(39,40)26-18-14-24(15-19-26)33(38)27-10-8-9-11-28(27)36(29(33)37)20-23-12-16-25(17-13-23)35-21-31(4,5)32(6,7)22-35;1-2/h8-19,34,38H,20-22H2,1-7H3;1-2H3. The number of para-hydroxylation sites is 1. The minimum absolute atomic E-state index is 0.0697. The van der Waals surface area contributed by atoms with Gasteiger partial charge in [0, 0.05) is 29.9 Å². The average molecular weight is 606 g/mol. The number of anilines is 2. The van der Waals surface area contributed by atoms with Gasteiger partial charge in [0.25, 0.3) is 5.91 Å². The first-order chi connectivity index (χ1) is 19.9. The van der Waals surface area contributed by atoms with Crippen molar-refractivity contribution >= 4 is 27.3 Å². The van der Waals surface area contributed by atoms with Gasteiger partial charge in [0.05, 0.1) is 17.1 Å². The third-order valence-corrected chi connectivity index (χ3v) is 10.6. The van der Waals surface area contributed by atoms with E-state index in [1.807, 2.05) is 38.1 Å². The van der Waals surface area contributed by atoms with Crippen molar-refractivity contribution in [2.45, 2.75) is 84.9 Å². The Morgan fingerprint density at radius 3 is 1.91 bits per heavy atom.